The summed E-state index contributed by atoms with van der Waals surface area (Å²) in [5.74, 6) is -5.35. The van der Waals surface area contributed by atoms with Gasteiger partial charge in [-0.2, -0.15) is 13.2 Å². The van der Waals surface area contributed by atoms with Gasteiger partial charge in [0.25, 0.3) is 0 Å². The van der Waals surface area contributed by atoms with E-state index in [1.54, 1.807) is 20.8 Å². The molecule has 0 aromatic heterocycles. The number of hydrogen-bond acceptors (Lipinski definition) is 4. The summed E-state index contributed by atoms with van der Waals surface area (Å²) in [5, 5.41) is 2.73. The second-order valence-electron chi connectivity index (χ2n) is 10.2. The standard InChI is InChI=1S/C27H30Cl2F3NO4/c1-15(27(30,31)32)21(16-6-9-18(28)10-7-16)23(34)33-20-14-17(8-11-19(20)29)22(36-5)26(12-13-26)24(35)37-25(2,3)4/h6-11,14-15,21-22H,12-13H2,1-5H3,(H,33,34)/t15-,21+,22?/m1/s1/i5D3. The normalized spacial score (nSPS) is 19.0. The molecule has 202 valence electrons. The maximum Gasteiger partial charge on any atom is 0.392 e. The minimum Gasteiger partial charge on any atom is -0.459 e. The monoisotopic (exact) mass is 562 g/mol. The first-order valence-electron chi connectivity index (χ1n) is 13.1. The van der Waals surface area contributed by atoms with Crippen LogP contribution in [-0.4, -0.2) is 30.7 Å². The highest BCUT2D eigenvalue weighted by Crippen LogP contribution is 2.58. The van der Waals surface area contributed by atoms with Crippen LogP contribution in [0, 0.1) is 11.3 Å². The molecule has 0 aliphatic heterocycles. The van der Waals surface area contributed by atoms with Crippen LogP contribution in [0.15, 0.2) is 42.5 Å². The highest BCUT2D eigenvalue weighted by Gasteiger charge is 2.59. The lowest BCUT2D eigenvalue weighted by atomic mass is 9.85. The van der Waals surface area contributed by atoms with E-state index in [4.69, 9.17) is 36.8 Å². The van der Waals surface area contributed by atoms with Crippen LogP contribution in [0.4, 0.5) is 18.9 Å². The van der Waals surface area contributed by atoms with Crippen molar-refractivity contribution in [3.05, 3.63) is 63.6 Å². The van der Waals surface area contributed by atoms with E-state index in [1.165, 1.54) is 42.5 Å². The lowest BCUT2D eigenvalue weighted by Gasteiger charge is -2.29. The molecule has 1 fully saturated rings. The smallest absolute Gasteiger partial charge is 0.392 e. The fourth-order valence-electron chi connectivity index (χ4n) is 4.13. The summed E-state index contributed by atoms with van der Waals surface area (Å²) in [6, 6.07) is 9.53. The first-order valence-corrected chi connectivity index (χ1v) is 12.3. The Morgan fingerprint density at radius 1 is 1.05 bits per heavy atom. The van der Waals surface area contributed by atoms with Crippen LogP contribution < -0.4 is 5.32 Å². The molecule has 1 saturated carbocycles. The molecule has 1 N–H and O–H groups in total. The second kappa shape index (κ2) is 10.8. The summed E-state index contributed by atoms with van der Waals surface area (Å²) in [6.07, 6.45) is -5.43. The minimum absolute atomic E-state index is 0.0126. The molecular weight excluding hydrogens is 530 g/mol. The molecule has 1 aliphatic rings. The Kier molecular flexibility index (Phi) is 7.32. The van der Waals surface area contributed by atoms with Gasteiger partial charge in [-0.3, -0.25) is 9.59 Å². The van der Waals surface area contributed by atoms with E-state index in [-0.39, 0.29) is 39.7 Å². The van der Waals surface area contributed by atoms with Crippen LogP contribution >= 0.6 is 23.2 Å². The van der Waals surface area contributed by atoms with Crippen LogP contribution in [0.25, 0.3) is 0 Å². The third kappa shape index (κ3) is 6.78. The molecule has 2 aromatic rings. The number of methoxy groups -OCH3 is 1. The van der Waals surface area contributed by atoms with E-state index in [2.05, 4.69) is 5.32 Å². The minimum atomic E-state index is -4.70. The van der Waals surface area contributed by atoms with Gasteiger partial charge in [0.15, 0.2) is 0 Å². The third-order valence-electron chi connectivity index (χ3n) is 6.29. The second-order valence-corrected chi connectivity index (χ2v) is 11.1. The topological polar surface area (TPSA) is 64.6 Å². The van der Waals surface area contributed by atoms with Gasteiger partial charge in [-0.25, -0.2) is 0 Å². The van der Waals surface area contributed by atoms with Crippen LogP contribution in [0.1, 0.15) is 67.8 Å². The number of amides is 1. The van der Waals surface area contributed by atoms with Crippen molar-refractivity contribution in [1.29, 1.82) is 0 Å². The van der Waals surface area contributed by atoms with Crippen LogP contribution in [0.2, 0.25) is 10.0 Å². The number of hydrogen-bond donors (Lipinski definition) is 1. The summed E-state index contributed by atoms with van der Waals surface area (Å²) >= 11 is 12.2. The number of ether oxygens (including phenoxy) is 2. The maximum atomic E-state index is 13.8. The molecule has 0 bridgehead atoms. The molecule has 10 heteroatoms. The first-order chi connectivity index (χ1) is 18.2. The molecule has 0 heterocycles. The van der Waals surface area contributed by atoms with Crippen molar-refractivity contribution in [2.75, 3.05) is 12.4 Å². The highest BCUT2D eigenvalue weighted by molar-refractivity contribution is 6.33. The van der Waals surface area contributed by atoms with E-state index in [9.17, 15) is 22.8 Å². The van der Waals surface area contributed by atoms with Gasteiger partial charge in [-0.05, 0) is 69.0 Å². The number of carbonyl (C=O) groups excluding carboxylic acids is 2. The number of rotatable bonds is 8. The summed E-state index contributed by atoms with van der Waals surface area (Å²) in [6.45, 7) is 5.93. The van der Waals surface area contributed by atoms with Crippen LogP contribution in [0.5, 0.6) is 0 Å². The Morgan fingerprint density at radius 2 is 1.65 bits per heavy atom. The number of benzene rings is 2. The lowest BCUT2D eigenvalue weighted by Crippen LogP contribution is -2.34. The van der Waals surface area contributed by atoms with E-state index in [0.29, 0.717) is 0 Å². The van der Waals surface area contributed by atoms with E-state index in [1.807, 2.05) is 0 Å². The summed E-state index contributed by atoms with van der Waals surface area (Å²) < 4.78 is 75.2. The Labute approximate surface area is 228 Å². The quantitative estimate of drug-likeness (QED) is 0.334. The number of carbonyl (C=O) groups is 2. The zero-order chi connectivity index (χ0) is 30.3. The maximum absolute atomic E-state index is 13.8. The van der Waals surface area contributed by atoms with Crippen molar-refractivity contribution in [1.82, 2.24) is 0 Å². The molecule has 3 rings (SSSR count). The SMILES string of the molecule is [2H]C([2H])([2H])OC(c1ccc(Cl)c(NC(=O)[C@H](c2ccc(Cl)cc2)[C@@H](C)C(F)(F)F)c1)C1(C(=O)OC(C)(C)C)CC1. The Bertz CT molecular complexity index is 1240. The largest absolute Gasteiger partial charge is 0.459 e. The number of esters is 1. The number of alkyl halides is 3. The molecule has 0 spiro atoms. The Hall–Kier alpha value is -2.29. The molecule has 0 saturated heterocycles. The van der Waals surface area contributed by atoms with Gasteiger partial charge in [0.2, 0.25) is 5.91 Å². The number of halogens is 5. The van der Waals surface area contributed by atoms with Gasteiger partial charge >= 0.3 is 12.1 Å². The molecular formula is C27H30Cl2F3NO4. The number of nitrogens with one attached hydrogen (secondary N) is 1. The molecule has 37 heavy (non-hydrogen) atoms. The van der Waals surface area contributed by atoms with Crippen LogP contribution in [0.3, 0.4) is 0 Å². The van der Waals surface area contributed by atoms with Gasteiger partial charge in [0.1, 0.15) is 5.60 Å². The average Bonchev–Trinajstić information content (AvgIpc) is 3.60. The van der Waals surface area contributed by atoms with Gasteiger partial charge in [-0.15, -0.1) is 0 Å². The summed E-state index contributed by atoms with van der Waals surface area (Å²) in [4.78, 5) is 26.4. The van der Waals surface area contributed by atoms with Crippen molar-refractivity contribution < 1.29 is 36.3 Å². The molecule has 2 aromatic carbocycles. The average molecular weight is 563 g/mol. The van der Waals surface area contributed by atoms with Crippen molar-refractivity contribution >= 4 is 40.8 Å². The molecule has 1 amide bonds. The fraction of sp³-hybridized carbons (Fsp3) is 0.481. The highest BCUT2D eigenvalue weighted by atomic mass is 35.5. The van der Waals surface area contributed by atoms with E-state index >= 15 is 0 Å². The Morgan fingerprint density at radius 3 is 2.16 bits per heavy atom. The summed E-state index contributed by atoms with van der Waals surface area (Å²) in [5.41, 5.74) is -1.94. The molecule has 3 atom stereocenters. The zero-order valence-corrected chi connectivity index (χ0v) is 22.2. The van der Waals surface area contributed by atoms with Gasteiger partial charge in [0.05, 0.1) is 38.2 Å². The molecule has 1 aliphatic carbocycles. The van der Waals surface area contributed by atoms with Crippen molar-refractivity contribution in [2.45, 2.75) is 64.3 Å². The van der Waals surface area contributed by atoms with Crippen molar-refractivity contribution in [2.24, 2.45) is 11.3 Å². The predicted molar refractivity (Wildman–Crippen MR) is 137 cm³/mol. The summed E-state index contributed by atoms with van der Waals surface area (Å²) in [7, 11) is -2.90. The predicted octanol–water partition coefficient (Wildman–Crippen LogP) is 7.72. The third-order valence-corrected chi connectivity index (χ3v) is 6.87. The van der Waals surface area contributed by atoms with Crippen molar-refractivity contribution in [3.8, 4) is 0 Å². The fourth-order valence-corrected chi connectivity index (χ4v) is 4.42. The van der Waals surface area contributed by atoms with Gasteiger partial charge < -0.3 is 14.8 Å². The number of anilines is 1. The van der Waals surface area contributed by atoms with E-state index < -0.39 is 54.0 Å². The molecule has 1 unspecified atom stereocenters. The Balaban J connectivity index is 2.00. The molecule has 0 radical (unpaired) electrons. The van der Waals surface area contributed by atoms with Crippen LogP contribution in [-0.2, 0) is 19.1 Å². The zero-order valence-electron chi connectivity index (χ0n) is 23.7. The van der Waals surface area contributed by atoms with E-state index in [0.717, 1.165) is 6.92 Å². The van der Waals surface area contributed by atoms with Crippen molar-refractivity contribution in [3.63, 3.8) is 0 Å². The van der Waals surface area contributed by atoms with Gasteiger partial charge in [-0.1, -0.05) is 48.3 Å². The van der Waals surface area contributed by atoms with Gasteiger partial charge in [0, 0.05) is 12.1 Å². The molecule has 5 nitrogen and oxygen atoms in total. The first kappa shape index (κ1) is 25.0. The lowest BCUT2D eigenvalue weighted by molar-refractivity contribution is -0.178.